The van der Waals surface area contributed by atoms with E-state index in [2.05, 4.69) is 0 Å². The molecule has 2 heterocycles. The summed E-state index contributed by atoms with van der Waals surface area (Å²) in [5.41, 5.74) is -2.08. The Bertz CT molecular complexity index is 943. The minimum Gasteiger partial charge on any atom is -0.399 e. The van der Waals surface area contributed by atoms with E-state index in [1.54, 1.807) is 27.7 Å². The van der Waals surface area contributed by atoms with Gasteiger partial charge in [-0.25, -0.2) is 4.39 Å². The van der Waals surface area contributed by atoms with E-state index in [0.29, 0.717) is 0 Å². The first kappa shape index (κ1) is 7.85. The number of rotatable bonds is 2. The Labute approximate surface area is 154 Å². The van der Waals surface area contributed by atoms with Crippen LogP contribution in [0.2, 0.25) is 0 Å². The van der Waals surface area contributed by atoms with Crippen molar-refractivity contribution in [2.75, 3.05) is 37.9 Å². The van der Waals surface area contributed by atoms with Gasteiger partial charge in [-0.2, -0.15) is 0 Å². The predicted molar refractivity (Wildman–Crippen MR) is 91.8 cm³/mol. The molecule has 1 aromatic rings. The van der Waals surface area contributed by atoms with Gasteiger partial charge in [0.1, 0.15) is 5.82 Å². The summed E-state index contributed by atoms with van der Waals surface area (Å²) in [6, 6.07) is 3.14. The van der Waals surface area contributed by atoms with Crippen molar-refractivity contribution in [3.63, 3.8) is 0 Å². The average Bonchev–Trinajstić information content (AvgIpc) is 2.80. The number of hydrogen-bond acceptors (Lipinski definition) is 4. The van der Waals surface area contributed by atoms with E-state index in [-0.39, 0.29) is 10.4 Å². The van der Waals surface area contributed by atoms with Crippen LogP contribution < -0.4 is 10.4 Å². The highest BCUT2D eigenvalue weighted by Crippen LogP contribution is 2.36. The van der Waals surface area contributed by atoms with Crippen LogP contribution in [-0.4, -0.2) is 56.2 Å². The topological polar surface area (TPSA) is 24.9 Å². The van der Waals surface area contributed by atoms with Gasteiger partial charge in [0.25, 0.3) is 0 Å². The van der Waals surface area contributed by atoms with Gasteiger partial charge in [-0.1, -0.05) is 6.07 Å². The van der Waals surface area contributed by atoms with Crippen LogP contribution in [0.15, 0.2) is 18.2 Å². The second kappa shape index (κ2) is 5.76. The maximum absolute atomic E-state index is 15.3. The molecular formula is C17H26BFN2O2. The average molecular weight is 331 g/mol. The molecular weight excluding hydrogens is 294 g/mol. The molecule has 0 saturated carbocycles. The molecule has 0 unspecified atom stereocenters. The summed E-state index contributed by atoms with van der Waals surface area (Å²) in [6.45, 7) is -10.6. The third-order valence-electron chi connectivity index (χ3n) is 4.29. The van der Waals surface area contributed by atoms with Gasteiger partial charge in [-0.3, -0.25) is 0 Å². The predicted octanol–water partition coefficient (Wildman–Crippen LogP) is 1.88. The van der Waals surface area contributed by atoms with E-state index in [4.69, 9.17) is 24.4 Å². The summed E-state index contributed by atoms with van der Waals surface area (Å²) in [6.07, 6.45) is 0. The summed E-state index contributed by atoms with van der Waals surface area (Å²) in [7, 11) is -0.993. The van der Waals surface area contributed by atoms with Crippen molar-refractivity contribution in [1.82, 2.24) is 4.90 Å². The number of nitrogens with zero attached hydrogens (tertiary/aromatic N) is 2. The SMILES string of the molecule is [2H]C([2H])([2H])N1C([2H])([2H])C([2H])([2H])N(c2ccc(B3OC(C)(C)C(C)(C)O3)cc2F)C([2H])([2H])C1([2H])[2H]. The van der Waals surface area contributed by atoms with Crippen molar-refractivity contribution in [3.05, 3.63) is 24.0 Å². The van der Waals surface area contributed by atoms with E-state index in [1.807, 2.05) is 0 Å². The quantitative estimate of drug-likeness (QED) is 0.773. The molecule has 2 saturated heterocycles. The molecule has 0 aromatic heterocycles. The highest BCUT2D eigenvalue weighted by atomic mass is 19.1. The molecule has 6 heteroatoms. The van der Waals surface area contributed by atoms with Crippen molar-refractivity contribution in [1.29, 1.82) is 0 Å². The maximum atomic E-state index is 15.3. The largest absolute Gasteiger partial charge is 0.494 e. The summed E-state index contributed by atoms with van der Waals surface area (Å²) in [5.74, 6) is -1.20. The molecule has 0 aliphatic carbocycles. The molecule has 0 N–H and O–H groups in total. The zero-order chi connectivity index (χ0) is 26.5. The van der Waals surface area contributed by atoms with Crippen molar-refractivity contribution in [2.45, 2.75) is 38.9 Å². The fraction of sp³-hybridized carbons (Fsp3) is 0.647. The van der Waals surface area contributed by atoms with Gasteiger partial charge in [0.2, 0.25) is 0 Å². The van der Waals surface area contributed by atoms with Crippen LogP contribution >= 0.6 is 0 Å². The van der Waals surface area contributed by atoms with Crippen LogP contribution in [0.3, 0.4) is 0 Å². The lowest BCUT2D eigenvalue weighted by atomic mass is 9.79. The summed E-state index contributed by atoms with van der Waals surface area (Å²) in [4.78, 5) is -0.480. The van der Waals surface area contributed by atoms with Crippen molar-refractivity contribution in [3.8, 4) is 0 Å². The molecule has 2 aliphatic rings. The molecule has 23 heavy (non-hydrogen) atoms. The first-order valence-electron chi connectivity index (χ1n) is 12.7. The Morgan fingerprint density at radius 3 is 2.26 bits per heavy atom. The van der Waals surface area contributed by atoms with Crippen LogP contribution in [0.25, 0.3) is 0 Å². The van der Waals surface area contributed by atoms with Crippen LogP contribution in [0, 0.1) is 5.82 Å². The molecule has 4 nitrogen and oxygen atoms in total. The monoisotopic (exact) mass is 331 g/mol. The summed E-state index contributed by atoms with van der Waals surface area (Å²) >= 11 is 0. The van der Waals surface area contributed by atoms with Gasteiger partial charge in [0, 0.05) is 35.6 Å². The molecule has 0 amide bonds. The zero-order valence-electron chi connectivity index (χ0n) is 24.4. The molecule has 0 spiro atoms. The maximum Gasteiger partial charge on any atom is 0.494 e. The Kier molecular flexibility index (Phi) is 1.97. The third-order valence-corrected chi connectivity index (χ3v) is 4.29. The Balaban J connectivity index is 2.13. The Morgan fingerprint density at radius 1 is 1.13 bits per heavy atom. The van der Waals surface area contributed by atoms with Gasteiger partial charge < -0.3 is 19.1 Å². The van der Waals surface area contributed by atoms with E-state index in [1.165, 1.54) is 6.07 Å². The normalized spacial score (nSPS) is 40.7. The lowest BCUT2D eigenvalue weighted by molar-refractivity contribution is 0.00578. The van der Waals surface area contributed by atoms with Crippen LogP contribution in [-0.2, 0) is 9.31 Å². The Morgan fingerprint density at radius 2 is 1.74 bits per heavy atom. The molecule has 0 atom stereocenters. The first-order valence-corrected chi connectivity index (χ1v) is 7.19. The zero-order valence-corrected chi connectivity index (χ0v) is 13.4. The van der Waals surface area contributed by atoms with Gasteiger partial charge >= 0.3 is 7.12 Å². The highest BCUT2D eigenvalue weighted by molar-refractivity contribution is 6.62. The highest BCUT2D eigenvalue weighted by Gasteiger charge is 2.51. The van der Waals surface area contributed by atoms with E-state index in [9.17, 15) is 0 Å². The van der Waals surface area contributed by atoms with Crippen LogP contribution in [0.1, 0.15) is 42.8 Å². The molecule has 2 fully saturated rings. The molecule has 1 aromatic carbocycles. The minimum absolute atomic E-state index is 0.0222. The van der Waals surface area contributed by atoms with Gasteiger partial charge in [-0.15, -0.1) is 0 Å². The lowest BCUT2D eigenvalue weighted by Gasteiger charge is -2.34. The first-order chi connectivity index (χ1) is 14.9. The van der Waals surface area contributed by atoms with Gasteiger partial charge in [-0.05, 0) is 52.3 Å². The number of likely N-dealkylation sites (N-methyl/N-ethyl adjacent to an activating group) is 1. The molecule has 2 aliphatic heterocycles. The third kappa shape index (κ3) is 3.12. The number of piperazine rings is 1. The smallest absolute Gasteiger partial charge is 0.399 e. The van der Waals surface area contributed by atoms with Crippen LogP contribution in [0.5, 0.6) is 0 Å². The second-order valence-corrected chi connectivity index (χ2v) is 6.42. The van der Waals surface area contributed by atoms with Crippen molar-refractivity contribution < 1.29 is 28.8 Å². The fourth-order valence-corrected chi connectivity index (χ4v) is 2.21. The molecule has 126 valence electrons. The van der Waals surface area contributed by atoms with Crippen molar-refractivity contribution in [2.24, 2.45) is 0 Å². The summed E-state index contributed by atoms with van der Waals surface area (Å²) < 4.78 is 115. The number of anilines is 1. The number of halogens is 1. The molecule has 0 bridgehead atoms. The van der Waals surface area contributed by atoms with E-state index < -0.39 is 67.7 Å². The van der Waals surface area contributed by atoms with E-state index in [0.717, 1.165) is 12.1 Å². The lowest BCUT2D eigenvalue weighted by Crippen LogP contribution is -2.45. The fourth-order valence-electron chi connectivity index (χ4n) is 2.21. The van der Waals surface area contributed by atoms with Gasteiger partial charge in [0.05, 0.1) is 22.4 Å². The minimum atomic E-state index is -3.59. The standard InChI is InChI=1S/C17H26BFN2O2/c1-16(2)17(3,4)23-18(22-16)13-6-7-15(14(19)12-13)21-10-8-20(5)9-11-21/h6-7,12H,8-11H2,1-5H3/i5D3,8D2,9D2,10D2,11D2. The Hall–Kier alpha value is -1.11. The van der Waals surface area contributed by atoms with Crippen molar-refractivity contribution >= 4 is 18.3 Å². The molecule has 0 radical (unpaired) electrons. The number of hydrogen-bond donors (Lipinski definition) is 0. The number of benzene rings is 1. The van der Waals surface area contributed by atoms with Crippen LogP contribution in [0.4, 0.5) is 10.1 Å². The second-order valence-electron chi connectivity index (χ2n) is 6.42. The molecule has 3 rings (SSSR count). The van der Waals surface area contributed by atoms with Gasteiger partial charge in [0.15, 0.2) is 0 Å². The summed E-state index contributed by atoms with van der Waals surface area (Å²) in [5, 5.41) is 0. The van der Waals surface area contributed by atoms with E-state index >= 15 is 4.39 Å².